The van der Waals surface area contributed by atoms with Gasteiger partial charge in [-0.25, -0.2) is 4.39 Å². The van der Waals surface area contributed by atoms with Crippen molar-refractivity contribution in [2.45, 2.75) is 13.5 Å². The van der Waals surface area contributed by atoms with Crippen LogP contribution >= 0.6 is 0 Å². The third kappa shape index (κ3) is 3.31. The van der Waals surface area contributed by atoms with Crippen molar-refractivity contribution in [3.05, 3.63) is 65.5 Å². The van der Waals surface area contributed by atoms with Crippen LogP contribution in [0.5, 0.6) is 5.75 Å². The van der Waals surface area contributed by atoms with Crippen LogP contribution in [-0.2, 0) is 11.3 Å². The summed E-state index contributed by atoms with van der Waals surface area (Å²) in [5, 5.41) is 0. The Kier molecular flexibility index (Phi) is 4.31. The highest BCUT2D eigenvalue weighted by atomic mass is 19.1. The lowest BCUT2D eigenvalue weighted by atomic mass is 10.2. The predicted octanol–water partition coefficient (Wildman–Crippen LogP) is 3.69. The van der Waals surface area contributed by atoms with Gasteiger partial charge in [0.15, 0.2) is 18.4 Å². The molecule has 0 fully saturated rings. The number of hydrogen-bond donors (Lipinski definition) is 0. The first-order valence-electron chi connectivity index (χ1n) is 5.77. The fraction of sp³-hybridized carbons (Fsp3) is 0.200. The Morgan fingerprint density at radius 2 is 1.78 bits per heavy atom. The Hall–Kier alpha value is -1.87. The number of ether oxygens (including phenoxy) is 2. The molecule has 2 nitrogen and oxygen atoms in total. The topological polar surface area (TPSA) is 18.5 Å². The third-order valence-electron chi connectivity index (χ3n) is 2.57. The maximum Gasteiger partial charge on any atom is 0.189 e. The SMILES string of the molecule is Cc1cccc(OCOCc2ccccc2)c1F. The maximum absolute atomic E-state index is 13.6. The molecule has 0 atom stereocenters. The van der Waals surface area contributed by atoms with Gasteiger partial charge in [0.1, 0.15) is 0 Å². The van der Waals surface area contributed by atoms with Crippen LogP contribution < -0.4 is 4.74 Å². The van der Waals surface area contributed by atoms with Crippen LogP contribution in [0.15, 0.2) is 48.5 Å². The molecule has 0 unspecified atom stereocenters. The third-order valence-corrected chi connectivity index (χ3v) is 2.57. The molecule has 0 bridgehead atoms. The minimum atomic E-state index is -0.333. The summed E-state index contributed by atoms with van der Waals surface area (Å²) in [6.45, 7) is 2.19. The Balaban J connectivity index is 1.81. The average molecular weight is 246 g/mol. The van der Waals surface area contributed by atoms with E-state index in [1.807, 2.05) is 30.3 Å². The van der Waals surface area contributed by atoms with Crippen molar-refractivity contribution < 1.29 is 13.9 Å². The van der Waals surface area contributed by atoms with E-state index < -0.39 is 0 Å². The molecule has 0 spiro atoms. The van der Waals surface area contributed by atoms with Gasteiger partial charge in [-0.05, 0) is 24.1 Å². The largest absolute Gasteiger partial charge is 0.464 e. The predicted molar refractivity (Wildman–Crippen MR) is 67.9 cm³/mol. The molecule has 2 aromatic rings. The maximum atomic E-state index is 13.6. The van der Waals surface area contributed by atoms with Gasteiger partial charge in [0.2, 0.25) is 0 Å². The standard InChI is InChI=1S/C15H15FO2/c1-12-6-5-9-14(15(12)16)18-11-17-10-13-7-3-2-4-8-13/h2-9H,10-11H2,1H3. The molecule has 18 heavy (non-hydrogen) atoms. The van der Waals surface area contributed by atoms with Crippen LogP contribution in [0.4, 0.5) is 4.39 Å². The van der Waals surface area contributed by atoms with Crippen molar-refractivity contribution >= 4 is 0 Å². The van der Waals surface area contributed by atoms with Crippen molar-refractivity contribution in [1.29, 1.82) is 0 Å². The molecule has 0 aliphatic rings. The molecular weight excluding hydrogens is 231 g/mol. The normalized spacial score (nSPS) is 10.3. The van der Waals surface area contributed by atoms with Crippen LogP contribution in [0, 0.1) is 12.7 Å². The molecule has 0 aliphatic heterocycles. The number of hydrogen-bond acceptors (Lipinski definition) is 2. The zero-order valence-corrected chi connectivity index (χ0v) is 10.2. The first-order valence-corrected chi connectivity index (χ1v) is 5.77. The zero-order chi connectivity index (χ0) is 12.8. The lowest BCUT2D eigenvalue weighted by Crippen LogP contribution is -2.04. The molecule has 0 aliphatic carbocycles. The van der Waals surface area contributed by atoms with Gasteiger partial charge >= 0.3 is 0 Å². The van der Waals surface area contributed by atoms with E-state index >= 15 is 0 Å². The molecule has 2 aromatic carbocycles. The van der Waals surface area contributed by atoms with Gasteiger partial charge in [-0.3, -0.25) is 0 Å². The van der Waals surface area contributed by atoms with Gasteiger partial charge in [-0.1, -0.05) is 42.5 Å². The monoisotopic (exact) mass is 246 g/mol. The molecule has 0 saturated carbocycles. The highest BCUT2D eigenvalue weighted by Gasteiger charge is 2.05. The van der Waals surface area contributed by atoms with Crippen molar-refractivity contribution in [2.24, 2.45) is 0 Å². The molecule has 0 radical (unpaired) electrons. The lowest BCUT2D eigenvalue weighted by molar-refractivity contribution is 0.00297. The Bertz CT molecular complexity index is 497. The van der Waals surface area contributed by atoms with E-state index in [1.165, 1.54) is 0 Å². The summed E-state index contributed by atoms with van der Waals surface area (Å²) in [6.07, 6.45) is 0. The van der Waals surface area contributed by atoms with E-state index in [0.29, 0.717) is 12.2 Å². The molecule has 3 heteroatoms. The minimum Gasteiger partial charge on any atom is -0.464 e. The summed E-state index contributed by atoms with van der Waals surface area (Å²) in [5.74, 6) is -0.108. The number of benzene rings is 2. The van der Waals surface area contributed by atoms with Gasteiger partial charge < -0.3 is 9.47 Å². The summed E-state index contributed by atoms with van der Waals surface area (Å²) in [4.78, 5) is 0. The number of rotatable bonds is 5. The first-order chi connectivity index (χ1) is 8.77. The Morgan fingerprint density at radius 1 is 1.00 bits per heavy atom. The van der Waals surface area contributed by atoms with E-state index in [9.17, 15) is 4.39 Å². The van der Waals surface area contributed by atoms with Crippen LogP contribution in [0.25, 0.3) is 0 Å². The van der Waals surface area contributed by atoms with E-state index in [1.54, 1.807) is 25.1 Å². The van der Waals surface area contributed by atoms with Crippen LogP contribution in [0.3, 0.4) is 0 Å². The quantitative estimate of drug-likeness (QED) is 0.591. The first kappa shape index (κ1) is 12.6. The highest BCUT2D eigenvalue weighted by molar-refractivity contribution is 5.29. The lowest BCUT2D eigenvalue weighted by Gasteiger charge is -2.09. The van der Waals surface area contributed by atoms with Crippen molar-refractivity contribution in [3.8, 4) is 5.75 Å². The minimum absolute atomic E-state index is 0.0370. The second-order valence-electron chi connectivity index (χ2n) is 3.98. The van der Waals surface area contributed by atoms with Crippen LogP contribution in [0.1, 0.15) is 11.1 Å². The second-order valence-corrected chi connectivity index (χ2v) is 3.98. The van der Waals surface area contributed by atoms with Gasteiger partial charge in [0.25, 0.3) is 0 Å². The van der Waals surface area contributed by atoms with E-state index in [-0.39, 0.29) is 18.4 Å². The molecule has 94 valence electrons. The van der Waals surface area contributed by atoms with Gasteiger partial charge in [-0.2, -0.15) is 0 Å². The Labute approximate surface area is 106 Å². The van der Waals surface area contributed by atoms with Crippen LogP contribution in [0.2, 0.25) is 0 Å². The average Bonchev–Trinajstić information content (AvgIpc) is 2.40. The second kappa shape index (κ2) is 6.17. The molecule has 0 amide bonds. The van der Waals surface area contributed by atoms with Crippen LogP contribution in [-0.4, -0.2) is 6.79 Å². The van der Waals surface area contributed by atoms with Crippen molar-refractivity contribution in [3.63, 3.8) is 0 Å². The number of halogens is 1. The molecule has 0 heterocycles. The van der Waals surface area contributed by atoms with Gasteiger partial charge in [0, 0.05) is 0 Å². The van der Waals surface area contributed by atoms with E-state index in [4.69, 9.17) is 9.47 Å². The summed E-state index contributed by atoms with van der Waals surface area (Å²) < 4.78 is 24.1. The fourth-order valence-corrected chi connectivity index (χ4v) is 1.57. The molecule has 0 saturated heterocycles. The van der Waals surface area contributed by atoms with Gasteiger partial charge in [0.05, 0.1) is 6.61 Å². The van der Waals surface area contributed by atoms with E-state index in [0.717, 1.165) is 5.56 Å². The summed E-state index contributed by atoms with van der Waals surface area (Å²) in [6, 6.07) is 14.8. The molecular formula is C15H15FO2. The fourth-order valence-electron chi connectivity index (χ4n) is 1.57. The Morgan fingerprint density at radius 3 is 2.56 bits per heavy atom. The summed E-state index contributed by atoms with van der Waals surface area (Å²) in [7, 11) is 0. The summed E-state index contributed by atoms with van der Waals surface area (Å²) in [5.41, 5.74) is 1.63. The van der Waals surface area contributed by atoms with Gasteiger partial charge in [-0.15, -0.1) is 0 Å². The van der Waals surface area contributed by atoms with Crippen molar-refractivity contribution in [1.82, 2.24) is 0 Å². The zero-order valence-electron chi connectivity index (χ0n) is 10.2. The van der Waals surface area contributed by atoms with Crippen molar-refractivity contribution in [2.75, 3.05) is 6.79 Å². The molecule has 0 aromatic heterocycles. The highest BCUT2D eigenvalue weighted by Crippen LogP contribution is 2.19. The summed E-state index contributed by atoms with van der Waals surface area (Å²) >= 11 is 0. The molecule has 0 N–H and O–H groups in total. The smallest absolute Gasteiger partial charge is 0.189 e. The van der Waals surface area contributed by atoms with E-state index in [2.05, 4.69) is 0 Å². The number of aryl methyl sites for hydroxylation is 1. The molecule has 2 rings (SSSR count).